The number of hydrogen-bond acceptors (Lipinski definition) is 5. The number of rotatable bonds is 4. The Bertz CT molecular complexity index is 503. The average Bonchev–Trinajstić information content (AvgIpc) is 2.91. The molecule has 0 aromatic carbocycles. The number of carboxylic acids is 1. The number of nitrogens with one attached hydrogen (secondary N) is 1. The smallest absolute Gasteiger partial charge is 0.329 e. The first kappa shape index (κ1) is 13.5. The molecule has 19 heavy (non-hydrogen) atoms. The summed E-state index contributed by atoms with van der Waals surface area (Å²) in [5, 5.41) is 15.0. The van der Waals surface area contributed by atoms with Crippen LogP contribution in [0.4, 0.5) is 0 Å². The third-order valence-corrected chi connectivity index (χ3v) is 5.79. The number of aliphatic carboxylic acids is 1. The monoisotopic (exact) mass is 346 g/mol. The molecule has 1 aliphatic heterocycles. The van der Waals surface area contributed by atoms with Crippen molar-refractivity contribution in [3.63, 3.8) is 0 Å². The van der Waals surface area contributed by atoms with Gasteiger partial charge >= 0.3 is 5.97 Å². The fourth-order valence-corrected chi connectivity index (χ4v) is 4.50. The molecule has 1 atom stereocenters. The minimum Gasteiger partial charge on any atom is -0.480 e. The minimum atomic E-state index is -0.928. The molecule has 1 aliphatic carbocycles. The summed E-state index contributed by atoms with van der Waals surface area (Å²) in [4.78, 5) is 15.3. The number of carbonyl (C=O) groups is 1. The second-order valence-corrected chi connectivity index (χ2v) is 7.10. The molecule has 2 fully saturated rings. The third-order valence-electron chi connectivity index (χ3n) is 4.06. The molecule has 1 saturated carbocycles. The fraction of sp³-hybridized carbons (Fsp3) is 0.667. The van der Waals surface area contributed by atoms with Crippen LogP contribution in [0.3, 0.4) is 0 Å². The summed E-state index contributed by atoms with van der Waals surface area (Å²) in [5.41, 5.74) is -0.242. The van der Waals surface area contributed by atoms with E-state index in [4.69, 9.17) is 9.84 Å². The van der Waals surface area contributed by atoms with Gasteiger partial charge in [0, 0.05) is 18.5 Å². The molecule has 3 rings (SSSR count). The molecule has 5 nitrogen and oxygen atoms in total. The highest BCUT2D eigenvalue weighted by atomic mass is 79.9. The van der Waals surface area contributed by atoms with E-state index in [1.54, 1.807) is 0 Å². The maximum Gasteiger partial charge on any atom is 0.329 e. The van der Waals surface area contributed by atoms with Gasteiger partial charge in [-0.15, -0.1) is 11.3 Å². The van der Waals surface area contributed by atoms with Crippen molar-refractivity contribution in [2.45, 2.75) is 24.9 Å². The number of thiazole rings is 1. The first-order valence-electron chi connectivity index (χ1n) is 6.22. The van der Waals surface area contributed by atoms with Crippen molar-refractivity contribution in [2.24, 2.45) is 5.41 Å². The largest absolute Gasteiger partial charge is 0.480 e. The van der Waals surface area contributed by atoms with E-state index in [1.807, 2.05) is 5.38 Å². The zero-order valence-electron chi connectivity index (χ0n) is 10.3. The van der Waals surface area contributed by atoms with Gasteiger partial charge in [0.1, 0.15) is 21.8 Å². The van der Waals surface area contributed by atoms with Crippen LogP contribution in [-0.2, 0) is 15.1 Å². The number of halogens is 1. The highest BCUT2D eigenvalue weighted by molar-refractivity contribution is 9.10. The zero-order valence-corrected chi connectivity index (χ0v) is 12.7. The molecule has 1 saturated heterocycles. The lowest BCUT2D eigenvalue weighted by atomic mass is 9.79. The number of hydrogen-bond donors (Lipinski definition) is 2. The maximum absolute atomic E-state index is 10.8. The van der Waals surface area contributed by atoms with E-state index in [-0.39, 0.29) is 12.0 Å². The minimum absolute atomic E-state index is 0.263. The lowest BCUT2D eigenvalue weighted by molar-refractivity contribution is -0.151. The molecular weight excluding hydrogens is 332 g/mol. The Labute approximate surface area is 123 Å². The summed E-state index contributed by atoms with van der Waals surface area (Å²) >= 11 is 4.89. The van der Waals surface area contributed by atoms with Crippen LogP contribution in [0.25, 0.3) is 0 Å². The van der Waals surface area contributed by atoms with Crippen molar-refractivity contribution in [3.8, 4) is 0 Å². The normalized spacial score (nSPS) is 28.5. The molecule has 1 spiro atoms. The van der Waals surface area contributed by atoms with Crippen LogP contribution in [0, 0.1) is 5.41 Å². The molecule has 2 aliphatic rings. The van der Waals surface area contributed by atoms with Crippen molar-refractivity contribution in [2.75, 3.05) is 19.7 Å². The lowest BCUT2D eigenvalue weighted by Gasteiger charge is -2.40. The van der Waals surface area contributed by atoms with Crippen molar-refractivity contribution >= 4 is 33.2 Å². The fourth-order valence-electron chi connectivity index (χ4n) is 3.06. The highest BCUT2D eigenvalue weighted by Gasteiger charge is 2.54. The van der Waals surface area contributed by atoms with E-state index in [1.165, 1.54) is 11.3 Å². The predicted octanol–water partition coefficient (Wildman–Crippen LogP) is 1.98. The predicted molar refractivity (Wildman–Crippen MR) is 74.2 cm³/mol. The summed E-state index contributed by atoms with van der Waals surface area (Å²) < 4.78 is 6.57. The van der Waals surface area contributed by atoms with E-state index in [2.05, 4.69) is 26.2 Å². The number of carboxylic acid groups (broad SMARTS) is 1. The van der Waals surface area contributed by atoms with Crippen LogP contribution < -0.4 is 5.32 Å². The molecule has 0 radical (unpaired) electrons. The third kappa shape index (κ3) is 2.44. The zero-order chi connectivity index (χ0) is 13.5. The molecule has 0 amide bonds. The Morgan fingerprint density at radius 3 is 2.84 bits per heavy atom. The second-order valence-electron chi connectivity index (χ2n) is 5.43. The molecule has 1 aromatic rings. The van der Waals surface area contributed by atoms with Gasteiger partial charge < -0.3 is 15.2 Å². The van der Waals surface area contributed by atoms with Crippen LogP contribution in [0.15, 0.2) is 9.98 Å². The van der Waals surface area contributed by atoms with Gasteiger partial charge in [-0.1, -0.05) is 0 Å². The highest BCUT2D eigenvalue weighted by Crippen LogP contribution is 2.54. The van der Waals surface area contributed by atoms with Gasteiger partial charge in [-0.05, 0) is 40.6 Å². The molecular formula is C12H15BrN2O3S. The Kier molecular flexibility index (Phi) is 3.41. The second kappa shape index (κ2) is 4.80. The Morgan fingerprint density at radius 1 is 1.58 bits per heavy atom. The first-order chi connectivity index (χ1) is 9.04. The Balaban J connectivity index is 1.85. The summed E-state index contributed by atoms with van der Waals surface area (Å²) in [6, 6.07) is 0. The van der Waals surface area contributed by atoms with E-state index in [0.29, 0.717) is 0 Å². The standard InChI is InChI=1S/C12H15BrN2O3S/c13-8-4-19-10(15-8)12(18-3-9(16)17)2-1-11(5-12)6-14-7-11/h4,14H,1-3,5-7H2,(H,16,17). The summed E-state index contributed by atoms with van der Waals surface area (Å²) in [7, 11) is 0. The quantitative estimate of drug-likeness (QED) is 0.872. The molecule has 7 heteroatoms. The summed E-state index contributed by atoms with van der Waals surface area (Å²) in [6.07, 6.45) is 2.78. The van der Waals surface area contributed by atoms with Gasteiger partial charge in [-0.25, -0.2) is 9.78 Å². The van der Waals surface area contributed by atoms with Crippen molar-refractivity contribution < 1.29 is 14.6 Å². The first-order valence-corrected chi connectivity index (χ1v) is 7.89. The maximum atomic E-state index is 10.8. The van der Waals surface area contributed by atoms with Crippen molar-refractivity contribution in [3.05, 3.63) is 15.0 Å². The number of nitrogens with zero attached hydrogens (tertiary/aromatic N) is 1. The van der Waals surface area contributed by atoms with Gasteiger partial charge in [0.25, 0.3) is 0 Å². The lowest BCUT2D eigenvalue weighted by Crippen LogP contribution is -2.52. The van der Waals surface area contributed by atoms with Gasteiger partial charge in [0.15, 0.2) is 0 Å². The van der Waals surface area contributed by atoms with E-state index >= 15 is 0 Å². The van der Waals surface area contributed by atoms with Crippen LogP contribution in [0.1, 0.15) is 24.3 Å². The van der Waals surface area contributed by atoms with Gasteiger partial charge in [0.2, 0.25) is 0 Å². The average molecular weight is 347 g/mol. The van der Waals surface area contributed by atoms with Crippen molar-refractivity contribution in [1.29, 1.82) is 0 Å². The summed E-state index contributed by atoms with van der Waals surface area (Å²) in [5.74, 6) is -0.928. The molecule has 104 valence electrons. The molecule has 1 aromatic heterocycles. The Hall–Kier alpha value is -0.500. The van der Waals surface area contributed by atoms with Crippen LogP contribution in [0.2, 0.25) is 0 Å². The van der Waals surface area contributed by atoms with Crippen molar-refractivity contribution in [1.82, 2.24) is 10.3 Å². The Morgan fingerprint density at radius 2 is 2.37 bits per heavy atom. The molecule has 2 heterocycles. The van der Waals surface area contributed by atoms with Crippen LogP contribution >= 0.6 is 27.3 Å². The SMILES string of the molecule is O=C(O)COC1(c2nc(Br)cs2)CCC2(CNC2)C1. The summed E-state index contributed by atoms with van der Waals surface area (Å²) in [6.45, 7) is 1.73. The van der Waals surface area contributed by atoms with E-state index in [9.17, 15) is 4.79 Å². The molecule has 1 unspecified atom stereocenters. The number of aromatic nitrogens is 1. The van der Waals surface area contributed by atoms with Crippen LogP contribution in [0.5, 0.6) is 0 Å². The van der Waals surface area contributed by atoms with E-state index in [0.717, 1.165) is 42.0 Å². The topological polar surface area (TPSA) is 71.5 Å². The molecule has 2 N–H and O–H groups in total. The van der Waals surface area contributed by atoms with E-state index < -0.39 is 11.6 Å². The van der Waals surface area contributed by atoms with Gasteiger partial charge in [-0.2, -0.15) is 0 Å². The van der Waals surface area contributed by atoms with Gasteiger partial charge in [-0.3, -0.25) is 0 Å². The number of ether oxygens (including phenoxy) is 1. The van der Waals surface area contributed by atoms with Gasteiger partial charge in [0.05, 0.1) is 0 Å². The van der Waals surface area contributed by atoms with Crippen LogP contribution in [-0.4, -0.2) is 35.8 Å². The molecule has 0 bridgehead atoms.